The molecule has 3 nitrogen and oxygen atoms in total. The zero-order valence-electron chi connectivity index (χ0n) is 15.0. The van der Waals surface area contributed by atoms with Crippen LogP contribution in [0.15, 0.2) is 72.8 Å². The highest BCUT2D eigenvalue weighted by atomic mass is 16.2. The van der Waals surface area contributed by atoms with Gasteiger partial charge < -0.3 is 10.2 Å². The van der Waals surface area contributed by atoms with E-state index < -0.39 is 0 Å². The van der Waals surface area contributed by atoms with Gasteiger partial charge in [-0.2, -0.15) is 0 Å². The number of carbonyl (C=O) groups is 1. The van der Waals surface area contributed by atoms with E-state index in [4.69, 9.17) is 0 Å². The molecule has 0 bridgehead atoms. The molecule has 0 radical (unpaired) electrons. The van der Waals surface area contributed by atoms with Crippen LogP contribution in [0, 0.1) is 0 Å². The third-order valence-electron chi connectivity index (χ3n) is 4.72. The molecule has 0 spiro atoms. The molecule has 1 fully saturated rings. The molecule has 0 unspecified atom stereocenters. The lowest BCUT2D eigenvalue weighted by atomic mass is 9.91. The average Bonchev–Trinajstić information content (AvgIpc) is 2.59. The van der Waals surface area contributed by atoms with Crippen molar-refractivity contribution in [3.63, 3.8) is 0 Å². The number of urea groups is 1. The molecular weight excluding hydrogens is 308 g/mol. The van der Waals surface area contributed by atoms with Crippen LogP contribution >= 0.6 is 0 Å². The third-order valence-corrected chi connectivity index (χ3v) is 4.72. The number of hydrogen-bond acceptors (Lipinski definition) is 1. The van der Waals surface area contributed by atoms with Gasteiger partial charge in [0.1, 0.15) is 0 Å². The second kappa shape index (κ2) is 7.56. The number of amides is 2. The molecule has 0 aromatic heterocycles. The van der Waals surface area contributed by atoms with Crippen molar-refractivity contribution in [2.24, 2.45) is 0 Å². The largest absolute Gasteiger partial charge is 0.335 e. The van der Waals surface area contributed by atoms with Crippen LogP contribution in [0.4, 0.5) is 4.79 Å². The van der Waals surface area contributed by atoms with E-state index in [0.717, 1.165) is 29.5 Å². The number of benzene rings is 2. The van der Waals surface area contributed by atoms with Crippen molar-refractivity contribution in [2.45, 2.75) is 44.8 Å². The Bertz CT molecular complexity index is 687. The van der Waals surface area contributed by atoms with E-state index in [1.54, 1.807) is 0 Å². The Hall–Kier alpha value is -2.55. The number of carbonyl (C=O) groups excluding carboxylic acids is 1. The summed E-state index contributed by atoms with van der Waals surface area (Å²) in [5.41, 5.74) is 3.37. The Labute approximate surface area is 150 Å². The van der Waals surface area contributed by atoms with Crippen molar-refractivity contribution in [3.8, 4) is 0 Å². The molecule has 0 aliphatic carbocycles. The summed E-state index contributed by atoms with van der Waals surface area (Å²) in [6.45, 7) is 8.19. The van der Waals surface area contributed by atoms with Gasteiger partial charge in [0.05, 0.1) is 6.04 Å². The lowest BCUT2D eigenvalue weighted by molar-refractivity contribution is 0.121. The summed E-state index contributed by atoms with van der Waals surface area (Å²) in [5.74, 6) is 0. The van der Waals surface area contributed by atoms with Gasteiger partial charge in [0.15, 0.2) is 0 Å². The first kappa shape index (κ1) is 17.3. The van der Waals surface area contributed by atoms with Gasteiger partial charge in [0.25, 0.3) is 0 Å². The van der Waals surface area contributed by atoms with Gasteiger partial charge in [0.2, 0.25) is 0 Å². The highest BCUT2D eigenvalue weighted by molar-refractivity contribution is 5.77. The monoisotopic (exact) mass is 334 g/mol. The third kappa shape index (κ3) is 3.93. The quantitative estimate of drug-likeness (QED) is 0.774. The summed E-state index contributed by atoms with van der Waals surface area (Å²) >= 11 is 0. The van der Waals surface area contributed by atoms with Crippen molar-refractivity contribution in [3.05, 3.63) is 83.9 Å². The molecule has 2 amide bonds. The first-order chi connectivity index (χ1) is 12.1. The Kier molecular flexibility index (Phi) is 5.22. The summed E-state index contributed by atoms with van der Waals surface area (Å²) in [7, 11) is 0. The van der Waals surface area contributed by atoms with Gasteiger partial charge in [-0.15, -0.1) is 6.58 Å². The van der Waals surface area contributed by atoms with E-state index in [0.29, 0.717) is 0 Å². The maximum absolute atomic E-state index is 13.0. The smallest absolute Gasteiger partial charge is 0.318 e. The summed E-state index contributed by atoms with van der Waals surface area (Å²) in [4.78, 5) is 15.0. The van der Waals surface area contributed by atoms with Crippen LogP contribution in [0.25, 0.3) is 0 Å². The molecule has 1 N–H and O–H groups in total. The van der Waals surface area contributed by atoms with Crippen LogP contribution < -0.4 is 5.32 Å². The fourth-order valence-electron chi connectivity index (χ4n) is 3.73. The molecule has 130 valence electrons. The lowest BCUT2D eigenvalue weighted by Gasteiger charge is -2.44. The molecule has 2 atom stereocenters. The molecule has 3 rings (SSSR count). The molecule has 1 aliphatic heterocycles. The summed E-state index contributed by atoms with van der Waals surface area (Å²) in [6, 6.07) is 20.8. The highest BCUT2D eigenvalue weighted by Crippen LogP contribution is 2.34. The summed E-state index contributed by atoms with van der Waals surface area (Å²) in [5, 5.41) is 3.11. The minimum absolute atomic E-state index is 0.00251. The van der Waals surface area contributed by atoms with E-state index in [1.807, 2.05) is 48.2 Å². The lowest BCUT2D eigenvalue weighted by Crippen LogP contribution is -2.57. The van der Waals surface area contributed by atoms with Crippen LogP contribution in [0.1, 0.15) is 43.9 Å². The van der Waals surface area contributed by atoms with Gasteiger partial charge in [-0.25, -0.2) is 4.79 Å². The van der Waals surface area contributed by atoms with Crippen LogP contribution in [0.5, 0.6) is 0 Å². The standard InChI is InChI=1S/C22H26N2O/c1-16(2)14-20-15-17(3)23-22(25)24(20)21(18-10-6-4-7-11-18)19-12-8-5-9-13-19/h4-13,17,20-21H,1,14-15H2,2-3H3,(H,23,25)/t17-,20-/m1/s1. The molecule has 1 saturated heterocycles. The minimum atomic E-state index is -0.0979. The Balaban J connectivity index is 2.06. The molecule has 1 heterocycles. The number of nitrogens with one attached hydrogen (secondary N) is 1. The molecule has 0 saturated carbocycles. The molecule has 2 aromatic rings. The van der Waals surface area contributed by atoms with Gasteiger partial charge in [-0.05, 0) is 37.8 Å². The van der Waals surface area contributed by atoms with Crippen LogP contribution in [0.2, 0.25) is 0 Å². The van der Waals surface area contributed by atoms with Crippen molar-refractivity contribution in [2.75, 3.05) is 0 Å². The summed E-state index contributed by atoms with van der Waals surface area (Å²) < 4.78 is 0. The SMILES string of the molecule is C=C(C)C[C@@H]1C[C@@H](C)NC(=O)N1C(c1ccccc1)c1ccccc1. The molecule has 25 heavy (non-hydrogen) atoms. The van der Waals surface area contributed by atoms with Gasteiger partial charge in [-0.3, -0.25) is 0 Å². The number of rotatable bonds is 5. The fourth-order valence-corrected chi connectivity index (χ4v) is 3.73. The van der Waals surface area contributed by atoms with Crippen molar-refractivity contribution in [1.82, 2.24) is 10.2 Å². The Morgan fingerprint density at radius 1 is 1.12 bits per heavy atom. The number of nitrogens with zero attached hydrogens (tertiary/aromatic N) is 1. The first-order valence-electron chi connectivity index (χ1n) is 8.89. The minimum Gasteiger partial charge on any atom is -0.335 e. The van der Waals surface area contributed by atoms with Gasteiger partial charge in [-0.1, -0.05) is 66.2 Å². The average molecular weight is 334 g/mol. The topological polar surface area (TPSA) is 32.3 Å². The maximum Gasteiger partial charge on any atom is 0.318 e. The van der Waals surface area contributed by atoms with E-state index in [9.17, 15) is 4.79 Å². The predicted octanol–water partition coefficient (Wildman–Crippen LogP) is 4.91. The zero-order chi connectivity index (χ0) is 17.8. The van der Waals surface area contributed by atoms with Crippen molar-refractivity contribution < 1.29 is 4.79 Å². The molecule has 1 aliphatic rings. The van der Waals surface area contributed by atoms with E-state index in [-0.39, 0.29) is 24.2 Å². The first-order valence-corrected chi connectivity index (χ1v) is 8.89. The summed E-state index contributed by atoms with van der Waals surface area (Å²) in [6.07, 6.45) is 1.75. The Morgan fingerprint density at radius 2 is 1.64 bits per heavy atom. The van der Waals surface area contributed by atoms with Crippen molar-refractivity contribution in [1.29, 1.82) is 0 Å². The highest BCUT2D eigenvalue weighted by Gasteiger charge is 2.37. The second-order valence-corrected chi connectivity index (χ2v) is 7.03. The second-order valence-electron chi connectivity index (χ2n) is 7.03. The van der Waals surface area contributed by atoms with Crippen LogP contribution in [-0.2, 0) is 0 Å². The fraction of sp³-hybridized carbons (Fsp3) is 0.318. The molecule has 3 heteroatoms. The van der Waals surface area contributed by atoms with Gasteiger partial charge >= 0.3 is 6.03 Å². The normalized spacial score (nSPS) is 20.4. The molecular formula is C22H26N2O. The van der Waals surface area contributed by atoms with E-state index >= 15 is 0 Å². The Morgan fingerprint density at radius 3 is 2.12 bits per heavy atom. The maximum atomic E-state index is 13.0. The predicted molar refractivity (Wildman–Crippen MR) is 102 cm³/mol. The number of hydrogen-bond donors (Lipinski definition) is 1. The zero-order valence-corrected chi connectivity index (χ0v) is 15.0. The molecule has 2 aromatic carbocycles. The van der Waals surface area contributed by atoms with Crippen LogP contribution in [0.3, 0.4) is 0 Å². The van der Waals surface area contributed by atoms with E-state index in [1.165, 1.54) is 0 Å². The van der Waals surface area contributed by atoms with Crippen LogP contribution in [-0.4, -0.2) is 23.0 Å². The van der Waals surface area contributed by atoms with Gasteiger partial charge in [0, 0.05) is 12.1 Å². The van der Waals surface area contributed by atoms with E-state index in [2.05, 4.69) is 43.1 Å². The van der Waals surface area contributed by atoms with Crippen molar-refractivity contribution >= 4 is 6.03 Å².